The van der Waals surface area contributed by atoms with E-state index >= 15 is 0 Å². The maximum atomic E-state index is 11.9. The van der Waals surface area contributed by atoms with Crippen molar-refractivity contribution < 1.29 is 18.7 Å². The van der Waals surface area contributed by atoms with Crippen LogP contribution in [0.4, 0.5) is 5.69 Å². The molecular formula is C20H20N2O4. The highest BCUT2D eigenvalue weighted by Gasteiger charge is 2.11. The molecule has 0 spiro atoms. The Morgan fingerprint density at radius 1 is 1.12 bits per heavy atom. The summed E-state index contributed by atoms with van der Waals surface area (Å²) in [7, 11) is 0. The van der Waals surface area contributed by atoms with Gasteiger partial charge in [0.1, 0.15) is 5.52 Å². The minimum atomic E-state index is -0.470. The molecule has 0 aliphatic heterocycles. The van der Waals surface area contributed by atoms with Gasteiger partial charge in [0.2, 0.25) is 0 Å². The molecule has 134 valence electrons. The fourth-order valence-electron chi connectivity index (χ4n) is 2.70. The second-order valence-electron chi connectivity index (χ2n) is 6.16. The Labute approximate surface area is 151 Å². The summed E-state index contributed by atoms with van der Waals surface area (Å²) in [6.45, 7) is 3.59. The number of rotatable bonds is 6. The van der Waals surface area contributed by atoms with E-state index in [0.29, 0.717) is 23.6 Å². The number of hydrogen-bond donors (Lipinski definition) is 1. The van der Waals surface area contributed by atoms with Crippen molar-refractivity contribution in [2.45, 2.75) is 26.7 Å². The predicted octanol–water partition coefficient (Wildman–Crippen LogP) is 3.56. The zero-order chi connectivity index (χ0) is 18.5. The molecule has 0 aliphatic carbocycles. The summed E-state index contributed by atoms with van der Waals surface area (Å²) in [5.74, 6) is -0.365. The van der Waals surface area contributed by atoms with Gasteiger partial charge in [-0.1, -0.05) is 18.2 Å². The van der Waals surface area contributed by atoms with Crippen molar-refractivity contribution in [3.05, 3.63) is 59.5 Å². The molecule has 3 rings (SSSR count). The standard InChI is InChI=1S/C20H20N2O4/c1-13-9-14(2)11-15(10-13)21-18(23)12-25-20(24)8-7-19-22-16-5-3-4-6-17(16)26-19/h3-6,9-11H,7-8,12H2,1-2H3,(H,21,23). The van der Waals surface area contributed by atoms with E-state index in [1.165, 1.54) is 0 Å². The fourth-order valence-corrected chi connectivity index (χ4v) is 2.70. The highest BCUT2D eigenvalue weighted by molar-refractivity contribution is 5.93. The summed E-state index contributed by atoms with van der Waals surface area (Å²) in [5.41, 5.74) is 4.23. The summed E-state index contributed by atoms with van der Waals surface area (Å²) in [5, 5.41) is 2.72. The quantitative estimate of drug-likeness (QED) is 0.686. The highest BCUT2D eigenvalue weighted by atomic mass is 16.5. The van der Waals surface area contributed by atoms with Gasteiger partial charge in [-0.15, -0.1) is 0 Å². The number of aromatic nitrogens is 1. The lowest BCUT2D eigenvalue weighted by Gasteiger charge is -2.08. The zero-order valence-corrected chi connectivity index (χ0v) is 14.7. The molecule has 1 amide bonds. The van der Waals surface area contributed by atoms with E-state index in [1.54, 1.807) is 0 Å². The van der Waals surface area contributed by atoms with E-state index in [2.05, 4.69) is 10.3 Å². The number of carbonyl (C=O) groups is 2. The van der Waals surface area contributed by atoms with E-state index in [-0.39, 0.29) is 18.9 Å². The number of esters is 1. The van der Waals surface area contributed by atoms with Gasteiger partial charge < -0.3 is 14.5 Å². The number of para-hydroxylation sites is 2. The Morgan fingerprint density at radius 2 is 1.85 bits per heavy atom. The number of aryl methyl sites for hydroxylation is 3. The van der Waals surface area contributed by atoms with Crippen LogP contribution in [0.2, 0.25) is 0 Å². The average molecular weight is 352 g/mol. The van der Waals surface area contributed by atoms with Crippen molar-refractivity contribution in [1.82, 2.24) is 4.98 Å². The van der Waals surface area contributed by atoms with Gasteiger partial charge in [-0.2, -0.15) is 0 Å². The Balaban J connectivity index is 1.45. The molecule has 1 N–H and O–H groups in total. The summed E-state index contributed by atoms with van der Waals surface area (Å²) < 4.78 is 10.6. The third-order valence-corrected chi connectivity index (χ3v) is 3.75. The Hall–Kier alpha value is -3.15. The number of carbonyl (C=O) groups excluding carboxylic acids is 2. The van der Waals surface area contributed by atoms with Crippen LogP contribution in [0.25, 0.3) is 11.1 Å². The van der Waals surface area contributed by atoms with Crippen LogP contribution < -0.4 is 5.32 Å². The maximum absolute atomic E-state index is 11.9. The summed E-state index contributed by atoms with van der Waals surface area (Å²) in [6.07, 6.45) is 0.426. The average Bonchev–Trinajstić information content (AvgIpc) is 3.00. The number of nitrogens with zero attached hydrogens (tertiary/aromatic N) is 1. The molecule has 0 aliphatic rings. The smallest absolute Gasteiger partial charge is 0.306 e. The largest absolute Gasteiger partial charge is 0.456 e. The minimum Gasteiger partial charge on any atom is -0.456 e. The van der Waals surface area contributed by atoms with Gasteiger partial charge in [-0.05, 0) is 49.2 Å². The number of fused-ring (bicyclic) bond motifs is 1. The Bertz CT molecular complexity index is 893. The van der Waals surface area contributed by atoms with Crippen LogP contribution in [0.1, 0.15) is 23.4 Å². The molecule has 1 aromatic heterocycles. The van der Waals surface area contributed by atoms with E-state index in [9.17, 15) is 9.59 Å². The fraction of sp³-hybridized carbons (Fsp3) is 0.250. The van der Waals surface area contributed by atoms with E-state index in [1.807, 2.05) is 56.3 Å². The predicted molar refractivity (Wildman–Crippen MR) is 97.8 cm³/mol. The van der Waals surface area contributed by atoms with Crippen LogP contribution in [0.3, 0.4) is 0 Å². The summed E-state index contributed by atoms with van der Waals surface area (Å²) >= 11 is 0. The Kier molecular flexibility index (Phi) is 5.31. The second kappa shape index (κ2) is 7.82. The molecule has 0 bridgehead atoms. The molecule has 3 aromatic rings. The van der Waals surface area contributed by atoms with Crippen molar-refractivity contribution in [3.63, 3.8) is 0 Å². The van der Waals surface area contributed by atoms with Gasteiger partial charge in [0.25, 0.3) is 5.91 Å². The van der Waals surface area contributed by atoms with Crippen molar-refractivity contribution in [3.8, 4) is 0 Å². The van der Waals surface area contributed by atoms with Crippen molar-refractivity contribution in [2.75, 3.05) is 11.9 Å². The van der Waals surface area contributed by atoms with Gasteiger partial charge >= 0.3 is 5.97 Å². The van der Waals surface area contributed by atoms with E-state index in [4.69, 9.17) is 9.15 Å². The number of ether oxygens (including phenoxy) is 1. The van der Waals surface area contributed by atoms with Gasteiger partial charge in [-0.3, -0.25) is 9.59 Å². The van der Waals surface area contributed by atoms with Crippen LogP contribution in [0.15, 0.2) is 46.9 Å². The highest BCUT2D eigenvalue weighted by Crippen LogP contribution is 2.16. The monoisotopic (exact) mass is 352 g/mol. The lowest BCUT2D eigenvalue weighted by atomic mass is 10.1. The lowest BCUT2D eigenvalue weighted by molar-refractivity contribution is -0.147. The van der Waals surface area contributed by atoms with Crippen LogP contribution in [0, 0.1) is 13.8 Å². The molecule has 0 fully saturated rings. The first-order valence-electron chi connectivity index (χ1n) is 8.38. The molecular weight excluding hydrogens is 332 g/mol. The van der Waals surface area contributed by atoms with Crippen LogP contribution in [-0.4, -0.2) is 23.5 Å². The number of anilines is 1. The molecule has 6 heteroatoms. The van der Waals surface area contributed by atoms with Crippen molar-refractivity contribution in [2.24, 2.45) is 0 Å². The van der Waals surface area contributed by atoms with Gasteiger partial charge in [0.05, 0.1) is 6.42 Å². The van der Waals surface area contributed by atoms with Crippen molar-refractivity contribution >= 4 is 28.7 Å². The molecule has 0 radical (unpaired) electrons. The molecule has 2 aromatic carbocycles. The third kappa shape index (κ3) is 4.69. The van der Waals surface area contributed by atoms with Crippen LogP contribution in [-0.2, 0) is 20.7 Å². The first-order chi connectivity index (χ1) is 12.5. The second-order valence-corrected chi connectivity index (χ2v) is 6.16. The zero-order valence-electron chi connectivity index (χ0n) is 14.7. The normalized spacial score (nSPS) is 10.7. The molecule has 6 nitrogen and oxygen atoms in total. The Morgan fingerprint density at radius 3 is 2.58 bits per heavy atom. The number of benzene rings is 2. The molecule has 0 saturated carbocycles. The third-order valence-electron chi connectivity index (χ3n) is 3.75. The minimum absolute atomic E-state index is 0.101. The first-order valence-corrected chi connectivity index (χ1v) is 8.38. The van der Waals surface area contributed by atoms with E-state index < -0.39 is 5.97 Å². The number of oxazole rings is 1. The number of amides is 1. The molecule has 26 heavy (non-hydrogen) atoms. The molecule has 1 heterocycles. The van der Waals surface area contributed by atoms with Gasteiger partial charge in [0.15, 0.2) is 18.1 Å². The van der Waals surface area contributed by atoms with Crippen LogP contribution in [0.5, 0.6) is 0 Å². The van der Waals surface area contributed by atoms with Gasteiger partial charge in [-0.25, -0.2) is 4.98 Å². The molecule has 0 atom stereocenters. The lowest BCUT2D eigenvalue weighted by Crippen LogP contribution is -2.21. The first kappa shape index (κ1) is 17.7. The summed E-state index contributed by atoms with van der Waals surface area (Å²) in [6, 6.07) is 13.1. The topological polar surface area (TPSA) is 81.4 Å². The molecule has 0 unspecified atom stereocenters. The van der Waals surface area contributed by atoms with Crippen LogP contribution >= 0.6 is 0 Å². The molecule has 0 saturated heterocycles. The van der Waals surface area contributed by atoms with Crippen molar-refractivity contribution in [1.29, 1.82) is 0 Å². The SMILES string of the molecule is Cc1cc(C)cc(NC(=O)COC(=O)CCc2nc3ccccc3o2)c1. The maximum Gasteiger partial charge on any atom is 0.306 e. The number of nitrogens with one attached hydrogen (secondary N) is 1. The van der Waals surface area contributed by atoms with Gasteiger partial charge in [0, 0.05) is 12.1 Å². The summed E-state index contributed by atoms with van der Waals surface area (Å²) in [4.78, 5) is 28.0. The number of hydrogen-bond acceptors (Lipinski definition) is 5. The van der Waals surface area contributed by atoms with E-state index in [0.717, 1.165) is 16.6 Å².